The minimum absolute atomic E-state index is 0.267. The molecule has 0 aromatic carbocycles. The van der Waals surface area contributed by atoms with Crippen LogP contribution >= 0.6 is 0 Å². The third-order valence-corrected chi connectivity index (χ3v) is 0.667. The van der Waals surface area contributed by atoms with Gasteiger partial charge in [0.2, 0.25) is 0 Å². The molecule has 0 saturated heterocycles. The molecular weight excluding hydrogens is 106 g/mol. The van der Waals surface area contributed by atoms with Gasteiger partial charge < -0.3 is 0 Å². The quantitative estimate of drug-likeness (QED) is 0.514. The van der Waals surface area contributed by atoms with Crippen LogP contribution in [0.4, 0.5) is 0 Å². The lowest BCUT2D eigenvalue weighted by Crippen LogP contribution is -1.76. The first-order chi connectivity index (χ1) is 3.93. The summed E-state index contributed by atoms with van der Waals surface area (Å²) in [6.07, 6.45) is 1.69. The average Bonchev–Trinajstić information content (AvgIpc) is 2.19. The lowest BCUT2D eigenvalue weighted by molar-refractivity contribution is 0.304. The fraction of sp³-hybridized carbons (Fsp3) is 0.250. The van der Waals surface area contributed by atoms with Gasteiger partial charge in [0.25, 0.3) is 0 Å². The molecule has 0 N–H and O–H groups in total. The van der Waals surface area contributed by atoms with Gasteiger partial charge in [-0.15, -0.1) is 0 Å². The van der Waals surface area contributed by atoms with Crippen molar-refractivity contribution in [1.29, 1.82) is 5.26 Å². The molecule has 4 nitrogen and oxygen atoms in total. The van der Waals surface area contributed by atoms with Crippen LogP contribution in [0.5, 0.6) is 0 Å². The Balaban J connectivity index is 2.67. The third-order valence-electron chi connectivity index (χ3n) is 0.667. The van der Waals surface area contributed by atoms with Crippen molar-refractivity contribution >= 4 is 0 Å². The van der Waals surface area contributed by atoms with Gasteiger partial charge in [-0.25, -0.2) is 4.63 Å². The van der Waals surface area contributed by atoms with Crippen LogP contribution in [-0.4, -0.2) is 10.3 Å². The van der Waals surface area contributed by atoms with Crippen molar-refractivity contribution in [3.05, 3.63) is 11.9 Å². The minimum Gasteiger partial charge on any atom is -0.244 e. The van der Waals surface area contributed by atoms with Crippen molar-refractivity contribution < 1.29 is 4.63 Å². The van der Waals surface area contributed by atoms with Crippen molar-refractivity contribution in [3.63, 3.8) is 0 Å². The molecule has 4 heteroatoms. The SMILES string of the molecule is N#CCc1cnon1. The van der Waals surface area contributed by atoms with Crippen LogP contribution in [0.1, 0.15) is 5.69 Å². The van der Waals surface area contributed by atoms with E-state index in [9.17, 15) is 0 Å². The molecule has 1 heterocycles. The van der Waals surface area contributed by atoms with Crippen molar-refractivity contribution in [1.82, 2.24) is 10.3 Å². The number of nitriles is 1. The second kappa shape index (κ2) is 2.07. The summed E-state index contributed by atoms with van der Waals surface area (Å²) >= 11 is 0. The van der Waals surface area contributed by atoms with E-state index in [1.165, 1.54) is 6.20 Å². The Kier molecular flexibility index (Phi) is 1.24. The zero-order chi connectivity index (χ0) is 5.82. The van der Waals surface area contributed by atoms with Gasteiger partial charge in [0, 0.05) is 0 Å². The predicted octanol–water partition coefficient (Wildman–Crippen LogP) is 0.136. The Morgan fingerprint density at radius 1 is 1.88 bits per heavy atom. The number of rotatable bonds is 1. The smallest absolute Gasteiger partial charge is 0.119 e. The fourth-order valence-electron chi connectivity index (χ4n) is 0.343. The van der Waals surface area contributed by atoms with E-state index in [1.807, 2.05) is 6.07 Å². The van der Waals surface area contributed by atoms with Crippen LogP contribution in [0.3, 0.4) is 0 Å². The maximum Gasteiger partial charge on any atom is 0.119 e. The molecule has 0 fully saturated rings. The molecule has 40 valence electrons. The van der Waals surface area contributed by atoms with Crippen LogP contribution in [-0.2, 0) is 6.42 Å². The molecule has 0 aliphatic rings. The average molecular weight is 109 g/mol. The second-order valence-corrected chi connectivity index (χ2v) is 1.23. The van der Waals surface area contributed by atoms with Gasteiger partial charge in [0.1, 0.15) is 5.69 Å². The van der Waals surface area contributed by atoms with Crippen LogP contribution in [0.15, 0.2) is 10.8 Å². The zero-order valence-electron chi connectivity index (χ0n) is 4.03. The highest BCUT2D eigenvalue weighted by molar-refractivity contribution is 4.97. The molecule has 1 rings (SSSR count). The summed E-state index contributed by atoms with van der Waals surface area (Å²) in [5.41, 5.74) is 0.576. The van der Waals surface area contributed by atoms with E-state index in [0.717, 1.165) is 0 Å². The van der Waals surface area contributed by atoms with Gasteiger partial charge >= 0.3 is 0 Å². The first-order valence-electron chi connectivity index (χ1n) is 2.07. The summed E-state index contributed by atoms with van der Waals surface area (Å²) in [7, 11) is 0. The van der Waals surface area contributed by atoms with Crippen molar-refractivity contribution in [2.75, 3.05) is 0 Å². The second-order valence-electron chi connectivity index (χ2n) is 1.23. The zero-order valence-corrected chi connectivity index (χ0v) is 4.03. The molecule has 1 aromatic heterocycles. The van der Waals surface area contributed by atoms with Gasteiger partial charge in [-0.2, -0.15) is 5.26 Å². The summed E-state index contributed by atoms with van der Waals surface area (Å²) in [6, 6.07) is 1.91. The highest BCUT2D eigenvalue weighted by atomic mass is 16.6. The Bertz CT molecular complexity index is 186. The minimum atomic E-state index is 0.267. The van der Waals surface area contributed by atoms with E-state index in [2.05, 4.69) is 14.9 Å². The van der Waals surface area contributed by atoms with E-state index >= 15 is 0 Å². The van der Waals surface area contributed by atoms with Crippen LogP contribution < -0.4 is 0 Å². The van der Waals surface area contributed by atoms with E-state index < -0.39 is 0 Å². The molecular formula is C4H3N3O. The molecule has 0 atom stereocenters. The molecule has 0 amide bonds. The van der Waals surface area contributed by atoms with Crippen molar-refractivity contribution in [3.8, 4) is 6.07 Å². The highest BCUT2D eigenvalue weighted by Gasteiger charge is 1.92. The highest BCUT2D eigenvalue weighted by Crippen LogP contribution is 1.88. The monoisotopic (exact) mass is 109 g/mol. The molecule has 0 saturated carbocycles. The summed E-state index contributed by atoms with van der Waals surface area (Å²) in [5.74, 6) is 0. The lowest BCUT2D eigenvalue weighted by atomic mass is 10.4. The Morgan fingerprint density at radius 3 is 3.25 bits per heavy atom. The predicted molar refractivity (Wildman–Crippen MR) is 23.6 cm³/mol. The van der Waals surface area contributed by atoms with Crippen molar-refractivity contribution in [2.45, 2.75) is 6.42 Å². The molecule has 0 aliphatic heterocycles. The molecule has 0 radical (unpaired) electrons. The summed E-state index contributed by atoms with van der Waals surface area (Å²) in [5, 5.41) is 14.8. The van der Waals surface area contributed by atoms with Crippen LogP contribution in [0.25, 0.3) is 0 Å². The standard InChI is InChI=1S/C4H3N3O/c5-2-1-4-3-6-8-7-4/h3H,1H2. The number of aromatic nitrogens is 2. The molecule has 0 aliphatic carbocycles. The number of hydrogen-bond acceptors (Lipinski definition) is 4. The van der Waals surface area contributed by atoms with E-state index in [1.54, 1.807) is 0 Å². The summed E-state index contributed by atoms with van der Waals surface area (Å²) in [4.78, 5) is 0. The van der Waals surface area contributed by atoms with Gasteiger partial charge in [-0.05, 0) is 0 Å². The van der Waals surface area contributed by atoms with E-state index in [-0.39, 0.29) is 6.42 Å². The van der Waals surface area contributed by atoms with E-state index in [0.29, 0.717) is 5.69 Å². The Morgan fingerprint density at radius 2 is 2.75 bits per heavy atom. The molecule has 0 bridgehead atoms. The maximum atomic E-state index is 8.08. The van der Waals surface area contributed by atoms with Gasteiger partial charge in [-0.3, -0.25) is 0 Å². The molecule has 8 heavy (non-hydrogen) atoms. The first-order valence-corrected chi connectivity index (χ1v) is 2.07. The number of hydrogen-bond donors (Lipinski definition) is 0. The topological polar surface area (TPSA) is 62.7 Å². The van der Waals surface area contributed by atoms with Crippen molar-refractivity contribution in [2.24, 2.45) is 0 Å². The Hall–Kier alpha value is -1.37. The molecule has 0 unspecified atom stereocenters. The van der Waals surface area contributed by atoms with Gasteiger partial charge in [-0.1, -0.05) is 10.3 Å². The molecule has 1 aromatic rings. The summed E-state index contributed by atoms with van der Waals surface area (Å²) in [6.45, 7) is 0. The van der Waals surface area contributed by atoms with E-state index in [4.69, 9.17) is 5.26 Å². The summed E-state index contributed by atoms with van der Waals surface area (Å²) < 4.78 is 4.22. The normalized spacial score (nSPS) is 8.38. The van der Waals surface area contributed by atoms with Crippen LogP contribution in [0.2, 0.25) is 0 Å². The maximum absolute atomic E-state index is 8.08. The number of nitrogens with zero attached hydrogens (tertiary/aromatic N) is 3. The third kappa shape index (κ3) is 0.819. The first kappa shape index (κ1) is 4.78. The molecule has 0 spiro atoms. The Labute approximate surface area is 45.7 Å². The van der Waals surface area contributed by atoms with Crippen LogP contribution in [0, 0.1) is 11.3 Å². The largest absolute Gasteiger partial charge is 0.244 e. The van der Waals surface area contributed by atoms with Gasteiger partial charge in [0.05, 0.1) is 18.7 Å². The lowest BCUT2D eigenvalue weighted by Gasteiger charge is -1.70. The fourth-order valence-corrected chi connectivity index (χ4v) is 0.343. The van der Waals surface area contributed by atoms with Gasteiger partial charge in [0.15, 0.2) is 0 Å².